The summed E-state index contributed by atoms with van der Waals surface area (Å²) in [6, 6.07) is 85.2. The van der Waals surface area contributed by atoms with Gasteiger partial charge < -0.3 is 18.5 Å². The second-order valence-electron chi connectivity index (χ2n) is 16.4. The van der Waals surface area contributed by atoms with E-state index in [-0.39, 0.29) is 0 Å². The zero-order valence-electron chi connectivity index (χ0n) is 34.8. The molecule has 10 aromatic carbocycles. The van der Waals surface area contributed by atoms with Crippen molar-refractivity contribution in [2.45, 2.75) is 0 Å². The normalized spacial score (nSPS) is 11.8. The summed E-state index contributed by atoms with van der Waals surface area (Å²) in [5, 5.41) is 7.00. The first-order chi connectivity index (χ1) is 31.8. The molecular formula is C60H39N3O. The summed E-state index contributed by atoms with van der Waals surface area (Å²) in [6.45, 7) is 0. The van der Waals surface area contributed by atoms with Crippen LogP contribution in [0.2, 0.25) is 0 Å². The smallest absolute Gasteiger partial charge is 0.135 e. The summed E-state index contributed by atoms with van der Waals surface area (Å²) >= 11 is 0. The van der Waals surface area contributed by atoms with Crippen molar-refractivity contribution < 1.29 is 4.42 Å². The summed E-state index contributed by atoms with van der Waals surface area (Å²) in [5.74, 6) is 0. The predicted octanol–water partition coefficient (Wildman–Crippen LogP) is 16.6. The van der Waals surface area contributed by atoms with Crippen molar-refractivity contribution in [1.82, 2.24) is 9.13 Å². The largest absolute Gasteiger partial charge is 0.456 e. The van der Waals surface area contributed by atoms with Crippen molar-refractivity contribution in [3.05, 3.63) is 237 Å². The van der Waals surface area contributed by atoms with Gasteiger partial charge in [-0.2, -0.15) is 0 Å². The van der Waals surface area contributed by atoms with E-state index in [0.717, 1.165) is 83.6 Å². The number of anilines is 3. The fraction of sp³-hybridized carbons (Fsp3) is 0. The Labute approximate surface area is 369 Å². The molecule has 0 aliphatic rings. The standard InChI is InChI=1S/C60H39N3O/c1-5-19-42(20-6-1)61(43-21-7-2-8-22-43)46-36-33-40(34-37-46)55-56(41-35-38-54-50(39-41)47-27-15-18-32-53(47)64-54)58-49-29-14-17-31-52(49)63(45-25-11-4-12-26-45)60(58)59-57(55)48-28-13-16-30-51(48)62(59)44-23-9-3-10-24-44/h1-39H. The lowest BCUT2D eigenvalue weighted by Crippen LogP contribution is -2.09. The molecule has 0 bridgehead atoms. The van der Waals surface area contributed by atoms with Crippen LogP contribution in [0.15, 0.2) is 241 Å². The van der Waals surface area contributed by atoms with Crippen LogP contribution in [-0.2, 0) is 0 Å². The van der Waals surface area contributed by atoms with Crippen LogP contribution in [-0.4, -0.2) is 9.13 Å². The van der Waals surface area contributed by atoms with Crippen molar-refractivity contribution in [2.24, 2.45) is 0 Å². The first-order valence-corrected chi connectivity index (χ1v) is 21.9. The average molecular weight is 818 g/mol. The molecule has 64 heavy (non-hydrogen) atoms. The molecule has 0 aliphatic heterocycles. The van der Waals surface area contributed by atoms with Gasteiger partial charge in [-0.15, -0.1) is 0 Å². The fourth-order valence-electron chi connectivity index (χ4n) is 10.2. The number of furan rings is 1. The molecule has 13 aromatic rings. The van der Waals surface area contributed by atoms with Gasteiger partial charge in [0, 0.05) is 71.9 Å². The zero-order chi connectivity index (χ0) is 42.1. The molecule has 0 saturated heterocycles. The highest BCUT2D eigenvalue weighted by molar-refractivity contribution is 6.33. The Morgan fingerprint density at radius 3 is 1.27 bits per heavy atom. The molecule has 0 amide bonds. The minimum absolute atomic E-state index is 0.877. The maximum absolute atomic E-state index is 6.45. The van der Waals surface area contributed by atoms with E-state index >= 15 is 0 Å². The van der Waals surface area contributed by atoms with Crippen LogP contribution >= 0.6 is 0 Å². The molecule has 0 saturated carbocycles. The second-order valence-corrected chi connectivity index (χ2v) is 16.4. The summed E-state index contributed by atoms with van der Waals surface area (Å²) in [4.78, 5) is 2.33. The molecule has 4 nitrogen and oxygen atoms in total. The lowest BCUT2D eigenvalue weighted by atomic mass is 9.86. The fourth-order valence-corrected chi connectivity index (χ4v) is 10.2. The van der Waals surface area contributed by atoms with E-state index in [9.17, 15) is 0 Å². The molecule has 4 heteroatoms. The quantitative estimate of drug-likeness (QED) is 0.160. The predicted molar refractivity (Wildman–Crippen MR) is 268 cm³/mol. The van der Waals surface area contributed by atoms with Gasteiger partial charge in [0.25, 0.3) is 0 Å². The Kier molecular flexibility index (Phi) is 8.18. The van der Waals surface area contributed by atoms with Crippen molar-refractivity contribution in [3.63, 3.8) is 0 Å². The Bertz CT molecular complexity index is 3830. The second kappa shape index (κ2) is 14.5. The number of hydrogen-bond donors (Lipinski definition) is 0. The van der Waals surface area contributed by atoms with Gasteiger partial charge in [0.15, 0.2) is 0 Å². The molecule has 3 heterocycles. The van der Waals surface area contributed by atoms with Gasteiger partial charge in [0.05, 0.1) is 22.1 Å². The molecular weight excluding hydrogens is 779 g/mol. The van der Waals surface area contributed by atoms with E-state index < -0.39 is 0 Å². The number of nitrogens with zero attached hydrogens (tertiary/aromatic N) is 3. The van der Waals surface area contributed by atoms with Crippen molar-refractivity contribution in [3.8, 4) is 33.6 Å². The van der Waals surface area contributed by atoms with Gasteiger partial charge in [-0.05, 0) is 102 Å². The highest BCUT2D eigenvalue weighted by Gasteiger charge is 2.29. The van der Waals surface area contributed by atoms with E-state index in [1.54, 1.807) is 0 Å². The number of benzene rings is 10. The van der Waals surface area contributed by atoms with Gasteiger partial charge in [-0.25, -0.2) is 0 Å². The summed E-state index contributed by atoms with van der Waals surface area (Å²) in [5.41, 5.74) is 16.6. The lowest BCUT2D eigenvalue weighted by molar-refractivity contribution is 0.669. The number of hydrogen-bond acceptors (Lipinski definition) is 2. The van der Waals surface area contributed by atoms with Crippen molar-refractivity contribution >= 4 is 82.6 Å². The third kappa shape index (κ3) is 5.49. The van der Waals surface area contributed by atoms with Crippen LogP contribution in [0.4, 0.5) is 17.1 Å². The van der Waals surface area contributed by atoms with Crippen LogP contribution in [0.5, 0.6) is 0 Å². The van der Waals surface area contributed by atoms with Crippen molar-refractivity contribution in [1.29, 1.82) is 0 Å². The zero-order valence-corrected chi connectivity index (χ0v) is 34.8. The van der Waals surface area contributed by atoms with E-state index in [2.05, 4.69) is 245 Å². The number of rotatable bonds is 7. The van der Waals surface area contributed by atoms with Crippen LogP contribution in [0.3, 0.4) is 0 Å². The Balaban J connectivity index is 1.23. The van der Waals surface area contributed by atoms with E-state index in [0.29, 0.717) is 0 Å². The highest BCUT2D eigenvalue weighted by atomic mass is 16.3. The van der Waals surface area contributed by atoms with Crippen LogP contribution < -0.4 is 4.90 Å². The number of aromatic nitrogens is 2. The molecule has 0 atom stereocenters. The first kappa shape index (κ1) is 36.1. The highest BCUT2D eigenvalue weighted by Crippen LogP contribution is 2.53. The molecule has 0 fully saturated rings. The molecule has 0 radical (unpaired) electrons. The first-order valence-electron chi connectivity index (χ1n) is 21.9. The monoisotopic (exact) mass is 817 g/mol. The minimum atomic E-state index is 0.877. The van der Waals surface area contributed by atoms with E-state index in [1.807, 2.05) is 6.07 Å². The van der Waals surface area contributed by atoms with Crippen LogP contribution in [0, 0.1) is 0 Å². The Morgan fingerprint density at radius 1 is 0.312 bits per heavy atom. The summed E-state index contributed by atoms with van der Waals surface area (Å²) in [7, 11) is 0. The van der Waals surface area contributed by atoms with Gasteiger partial charge in [0.2, 0.25) is 0 Å². The van der Waals surface area contributed by atoms with Gasteiger partial charge in [0.1, 0.15) is 11.2 Å². The van der Waals surface area contributed by atoms with E-state index in [1.165, 1.54) is 32.7 Å². The van der Waals surface area contributed by atoms with Gasteiger partial charge in [-0.3, -0.25) is 0 Å². The topological polar surface area (TPSA) is 26.2 Å². The molecule has 0 N–H and O–H groups in total. The maximum Gasteiger partial charge on any atom is 0.135 e. The average Bonchev–Trinajstić information content (AvgIpc) is 4.03. The van der Waals surface area contributed by atoms with Gasteiger partial charge >= 0.3 is 0 Å². The van der Waals surface area contributed by atoms with Gasteiger partial charge in [-0.1, -0.05) is 146 Å². The molecule has 3 aromatic heterocycles. The van der Waals surface area contributed by atoms with Crippen LogP contribution in [0.25, 0.3) is 99.2 Å². The molecule has 0 spiro atoms. The lowest BCUT2D eigenvalue weighted by Gasteiger charge is -2.26. The Morgan fingerprint density at radius 2 is 0.719 bits per heavy atom. The van der Waals surface area contributed by atoms with E-state index in [4.69, 9.17) is 4.42 Å². The number of fused-ring (bicyclic) bond motifs is 10. The SMILES string of the molecule is c1ccc(N(c2ccccc2)c2ccc(-c3c(-c4ccc5oc6ccccc6c5c4)c4c5ccccc5n(-c5ccccc5)c4c4c3c3ccccc3n4-c3ccccc3)cc2)cc1. The summed E-state index contributed by atoms with van der Waals surface area (Å²) in [6.07, 6.45) is 0. The minimum Gasteiger partial charge on any atom is -0.456 e. The summed E-state index contributed by atoms with van der Waals surface area (Å²) < 4.78 is 11.4. The maximum atomic E-state index is 6.45. The molecule has 0 aliphatic carbocycles. The molecule has 0 unspecified atom stereocenters. The third-order valence-electron chi connectivity index (χ3n) is 12.9. The molecule has 300 valence electrons. The van der Waals surface area contributed by atoms with Crippen LogP contribution in [0.1, 0.15) is 0 Å². The third-order valence-corrected chi connectivity index (χ3v) is 12.9. The number of para-hydroxylation sites is 7. The molecule has 13 rings (SSSR count). The Hall–Kier alpha value is -8.60. The van der Waals surface area contributed by atoms with Crippen molar-refractivity contribution in [2.75, 3.05) is 4.90 Å².